The van der Waals surface area contributed by atoms with Gasteiger partial charge in [-0.25, -0.2) is 0 Å². The zero-order valence-electron chi connectivity index (χ0n) is 9.91. The van der Waals surface area contributed by atoms with Gasteiger partial charge in [0.15, 0.2) is 0 Å². The van der Waals surface area contributed by atoms with E-state index < -0.39 is 12.7 Å². The Morgan fingerprint density at radius 3 is 2.62 bits per heavy atom. The number of benzene rings is 1. The monoisotopic (exact) mass is 217 g/mol. The fourth-order valence-electron chi connectivity index (χ4n) is 1.68. The van der Waals surface area contributed by atoms with Crippen LogP contribution in [0.15, 0.2) is 30.5 Å². The minimum atomic E-state index is -0.443. The summed E-state index contributed by atoms with van der Waals surface area (Å²) in [5, 5.41) is 0. The number of hydrogen-bond acceptors (Lipinski definition) is 3. The van der Waals surface area contributed by atoms with E-state index in [-0.39, 0.29) is 0 Å². The molecule has 1 saturated heterocycles. The van der Waals surface area contributed by atoms with E-state index in [9.17, 15) is 0 Å². The summed E-state index contributed by atoms with van der Waals surface area (Å²) in [4.78, 5) is 0. The lowest BCUT2D eigenvalue weighted by atomic mass is 9.76. The lowest BCUT2D eigenvalue weighted by Gasteiger charge is -2.16. The quantitative estimate of drug-likeness (QED) is 0.574. The molecule has 2 N–H and O–H groups in total. The highest BCUT2D eigenvalue weighted by molar-refractivity contribution is 6.63. The second kappa shape index (κ2) is 3.56. The topological polar surface area (TPSA) is 44.5 Å². The minimum Gasteiger partial charge on any atom is -0.534 e. The molecule has 0 radical (unpaired) electrons. The zero-order chi connectivity index (χ0) is 11.9. The third-order valence-electron chi connectivity index (χ3n) is 2.99. The summed E-state index contributed by atoms with van der Waals surface area (Å²) in [6, 6.07) is 5.73. The van der Waals surface area contributed by atoms with Crippen LogP contribution in [-0.2, 0) is 9.31 Å². The van der Waals surface area contributed by atoms with Crippen LogP contribution in [0.2, 0.25) is 0 Å². The van der Waals surface area contributed by atoms with Crippen molar-refractivity contribution in [3.8, 4) is 0 Å². The molecule has 0 spiro atoms. The summed E-state index contributed by atoms with van der Waals surface area (Å²) < 4.78 is 11.4. The largest absolute Gasteiger partial charge is 0.563 e. The summed E-state index contributed by atoms with van der Waals surface area (Å²) in [6.45, 7) is 9.70. The minimum absolute atomic E-state index is 0.397. The standard InChI is InChI=1S/C12H16BNO2/c1-8-10(6-5-7-11(8)14)13-15-9(2)12(3,4)16-13/h5-7H,2,14H2,1,3-4H3. The molecule has 0 amide bonds. The molecule has 84 valence electrons. The molecule has 4 heteroatoms. The summed E-state index contributed by atoms with van der Waals surface area (Å²) in [7, 11) is -0.397. The molecule has 1 aromatic rings. The van der Waals surface area contributed by atoms with Crippen LogP contribution in [0.4, 0.5) is 5.69 Å². The maximum atomic E-state index is 5.86. The van der Waals surface area contributed by atoms with E-state index in [1.807, 2.05) is 39.0 Å². The molecule has 0 bridgehead atoms. The molecule has 0 atom stereocenters. The highest BCUT2D eigenvalue weighted by Crippen LogP contribution is 2.29. The number of anilines is 1. The molecule has 1 aromatic carbocycles. The molecule has 1 aliphatic rings. The van der Waals surface area contributed by atoms with Crippen LogP contribution in [-0.4, -0.2) is 12.7 Å². The van der Waals surface area contributed by atoms with Crippen molar-refractivity contribution in [3.63, 3.8) is 0 Å². The van der Waals surface area contributed by atoms with Crippen molar-refractivity contribution < 1.29 is 9.31 Å². The Morgan fingerprint density at radius 1 is 1.38 bits per heavy atom. The maximum Gasteiger partial charge on any atom is 0.563 e. The van der Waals surface area contributed by atoms with Gasteiger partial charge >= 0.3 is 7.12 Å². The molecule has 0 aliphatic carbocycles. The smallest absolute Gasteiger partial charge is 0.534 e. The van der Waals surface area contributed by atoms with Gasteiger partial charge in [0.1, 0.15) is 5.60 Å². The van der Waals surface area contributed by atoms with Crippen LogP contribution in [0, 0.1) is 6.92 Å². The first kappa shape index (κ1) is 11.1. The van der Waals surface area contributed by atoms with Crippen LogP contribution in [0.3, 0.4) is 0 Å². The molecular weight excluding hydrogens is 201 g/mol. The van der Waals surface area contributed by atoms with Gasteiger partial charge in [-0.3, -0.25) is 0 Å². The average Bonchev–Trinajstić information content (AvgIpc) is 2.46. The van der Waals surface area contributed by atoms with Crippen molar-refractivity contribution >= 4 is 18.3 Å². The maximum absolute atomic E-state index is 5.86. The number of nitrogens with two attached hydrogens (primary N) is 1. The van der Waals surface area contributed by atoms with Gasteiger partial charge in [0, 0.05) is 11.2 Å². The van der Waals surface area contributed by atoms with E-state index in [0.717, 1.165) is 16.7 Å². The van der Waals surface area contributed by atoms with Crippen molar-refractivity contribution in [1.82, 2.24) is 0 Å². The molecule has 1 fully saturated rings. The number of nitrogen functional groups attached to an aromatic ring is 1. The molecule has 16 heavy (non-hydrogen) atoms. The van der Waals surface area contributed by atoms with E-state index in [4.69, 9.17) is 15.0 Å². The van der Waals surface area contributed by atoms with E-state index in [1.54, 1.807) is 0 Å². The van der Waals surface area contributed by atoms with Crippen molar-refractivity contribution in [3.05, 3.63) is 36.1 Å². The SMILES string of the molecule is C=C1OB(c2cccc(N)c2C)OC1(C)C. The first-order valence-corrected chi connectivity index (χ1v) is 5.30. The molecule has 3 nitrogen and oxygen atoms in total. The molecule has 2 rings (SSSR count). The van der Waals surface area contributed by atoms with Crippen molar-refractivity contribution in [2.75, 3.05) is 5.73 Å². The predicted molar refractivity (Wildman–Crippen MR) is 66.4 cm³/mol. The average molecular weight is 217 g/mol. The van der Waals surface area contributed by atoms with E-state index in [0.29, 0.717) is 5.76 Å². The van der Waals surface area contributed by atoms with E-state index >= 15 is 0 Å². The second-order valence-electron chi connectivity index (χ2n) is 4.56. The van der Waals surface area contributed by atoms with Gasteiger partial charge in [0.05, 0.1) is 5.76 Å². The Hall–Kier alpha value is -1.42. The zero-order valence-corrected chi connectivity index (χ0v) is 9.91. The van der Waals surface area contributed by atoms with E-state index in [2.05, 4.69) is 6.58 Å². The molecule has 0 saturated carbocycles. The van der Waals surface area contributed by atoms with Gasteiger partial charge in [0.2, 0.25) is 0 Å². The fourth-order valence-corrected chi connectivity index (χ4v) is 1.68. The van der Waals surface area contributed by atoms with Crippen LogP contribution in [0.1, 0.15) is 19.4 Å². The molecule has 0 unspecified atom stereocenters. The molecule has 1 heterocycles. The summed E-state index contributed by atoms with van der Waals surface area (Å²) in [5.41, 5.74) is 8.13. The third kappa shape index (κ3) is 1.69. The Morgan fingerprint density at radius 2 is 2.06 bits per heavy atom. The number of rotatable bonds is 1. The highest BCUT2D eigenvalue weighted by Gasteiger charge is 2.43. The van der Waals surface area contributed by atoms with Gasteiger partial charge in [0.25, 0.3) is 0 Å². The third-order valence-corrected chi connectivity index (χ3v) is 2.99. The lowest BCUT2D eigenvalue weighted by molar-refractivity contribution is 0.173. The highest BCUT2D eigenvalue weighted by atomic mass is 16.7. The lowest BCUT2D eigenvalue weighted by Crippen LogP contribution is -2.36. The Balaban J connectivity index is 2.34. The van der Waals surface area contributed by atoms with Crippen LogP contribution in [0.25, 0.3) is 0 Å². The molecular formula is C12H16BNO2. The number of hydrogen-bond donors (Lipinski definition) is 1. The van der Waals surface area contributed by atoms with Crippen molar-refractivity contribution in [1.29, 1.82) is 0 Å². The van der Waals surface area contributed by atoms with Gasteiger partial charge in [-0.1, -0.05) is 18.7 Å². The van der Waals surface area contributed by atoms with Crippen molar-refractivity contribution in [2.45, 2.75) is 26.4 Å². The van der Waals surface area contributed by atoms with E-state index in [1.165, 1.54) is 0 Å². The predicted octanol–water partition coefficient (Wildman–Crippen LogP) is 1.61. The fraction of sp³-hybridized carbons (Fsp3) is 0.333. The van der Waals surface area contributed by atoms with Crippen molar-refractivity contribution in [2.24, 2.45) is 0 Å². The summed E-state index contributed by atoms with van der Waals surface area (Å²) in [5.74, 6) is 0.652. The molecule has 0 aromatic heterocycles. The Kier molecular flexibility index (Phi) is 2.47. The van der Waals surface area contributed by atoms with Gasteiger partial charge in [-0.15, -0.1) is 0 Å². The van der Waals surface area contributed by atoms with Gasteiger partial charge in [-0.2, -0.15) is 0 Å². The van der Waals surface area contributed by atoms with Gasteiger partial charge < -0.3 is 15.0 Å². The van der Waals surface area contributed by atoms with Crippen LogP contribution < -0.4 is 11.2 Å². The Labute approximate surface area is 96.4 Å². The summed E-state index contributed by atoms with van der Waals surface area (Å²) in [6.07, 6.45) is 0. The Bertz CT molecular complexity index is 443. The second-order valence-corrected chi connectivity index (χ2v) is 4.56. The van der Waals surface area contributed by atoms with Crippen LogP contribution >= 0.6 is 0 Å². The first-order valence-electron chi connectivity index (χ1n) is 5.30. The first-order chi connectivity index (χ1) is 7.42. The normalized spacial score (nSPS) is 18.7. The van der Waals surface area contributed by atoms with Gasteiger partial charge in [-0.05, 0) is 32.4 Å². The van der Waals surface area contributed by atoms with Crippen LogP contribution in [0.5, 0.6) is 0 Å². The molecule has 1 aliphatic heterocycles. The summed E-state index contributed by atoms with van der Waals surface area (Å²) >= 11 is 0.